The van der Waals surface area contributed by atoms with Crippen LogP contribution in [0.1, 0.15) is 28.4 Å². The van der Waals surface area contributed by atoms with E-state index in [4.69, 9.17) is 14.2 Å². The molecule has 3 saturated heterocycles. The van der Waals surface area contributed by atoms with Gasteiger partial charge in [0.2, 0.25) is 5.43 Å². The summed E-state index contributed by atoms with van der Waals surface area (Å²) in [6.45, 7) is 10.8. The number of benzene rings is 4. The van der Waals surface area contributed by atoms with Crippen LogP contribution in [0.15, 0.2) is 89.9 Å². The van der Waals surface area contributed by atoms with Crippen molar-refractivity contribution in [3.05, 3.63) is 124 Å². The molecule has 54 heavy (non-hydrogen) atoms. The van der Waals surface area contributed by atoms with Crippen molar-refractivity contribution in [1.82, 2.24) is 9.47 Å². The number of piperazine rings is 3. The number of pyridine rings is 1. The molecule has 0 aliphatic carbocycles. The van der Waals surface area contributed by atoms with Crippen molar-refractivity contribution in [2.75, 3.05) is 78.1 Å². The molecule has 2 bridgehead atoms. The van der Waals surface area contributed by atoms with Gasteiger partial charge in [-0.25, -0.2) is 8.78 Å². The number of nitrogens with zero attached hydrogens (tertiary/aromatic N) is 4. The van der Waals surface area contributed by atoms with Gasteiger partial charge in [-0.15, -0.1) is 0 Å². The van der Waals surface area contributed by atoms with E-state index in [0.29, 0.717) is 41.5 Å². The summed E-state index contributed by atoms with van der Waals surface area (Å²) >= 11 is 0. The first-order chi connectivity index (χ1) is 25.7. The zero-order valence-electron chi connectivity index (χ0n) is 30.8. The largest absolute Gasteiger partial charge is 1.00 e. The van der Waals surface area contributed by atoms with E-state index in [1.807, 2.05) is 0 Å². The van der Waals surface area contributed by atoms with E-state index in [1.54, 1.807) is 47.9 Å². The number of carbonyl (C=O) groups excluding carboxylic acids is 1. The second-order valence-corrected chi connectivity index (χ2v) is 13.9. The molecule has 4 aromatic carbocycles. The lowest BCUT2D eigenvalue weighted by Crippen LogP contribution is -3.00. The number of hydrogen-bond acceptors (Lipinski definition) is 6. The van der Waals surface area contributed by atoms with Gasteiger partial charge in [-0.2, -0.15) is 0 Å². The Balaban J connectivity index is 0.00000497. The first-order valence-corrected chi connectivity index (χ1v) is 18.2. The molecule has 9 nitrogen and oxygen atoms in total. The summed E-state index contributed by atoms with van der Waals surface area (Å²) in [4.78, 5) is 31.7. The predicted molar refractivity (Wildman–Crippen MR) is 202 cm³/mol. The van der Waals surface area contributed by atoms with Crippen LogP contribution in [0, 0.1) is 11.6 Å². The maximum Gasteiger partial charge on any atom is 0.263 e. The standard InChI is InChI=1S/C42H45F2N4O5.BrH/c1-4-46(33-22-31(43)21-32(44)23-33)42(50)39-28-47(34-24-36(51-2)26-37(25-34)52-3)40-27-35(9-10-38(40)41(39)49)53-20-12-30-7-5-29(6-8-30)11-16-48-17-13-45(14-18-48)15-19-48;/h5-10,21-28H,4,11-20H2,1-3H3;1H/q+1;/p-1. The number of halogens is 3. The smallest absolute Gasteiger partial charge is 0.263 e. The summed E-state index contributed by atoms with van der Waals surface area (Å²) in [6, 6.07) is 22.0. The number of aromatic nitrogens is 1. The highest BCUT2D eigenvalue weighted by Gasteiger charge is 2.37. The Morgan fingerprint density at radius 1 is 0.796 bits per heavy atom. The lowest BCUT2D eigenvalue weighted by atomic mass is 10.0. The number of ether oxygens (including phenoxy) is 3. The van der Waals surface area contributed by atoms with Gasteiger partial charge in [-0.3, -0.25) is 14.5 Å². The molecule has 5 aromatic rings. The molecule has 0 N–H and O–H groups in total. The summed E-state index contributed by atoms with van der Waals surface area (Å²) in [5, 5.41) is 0.263. The first kappa shape index (κ1) is 38.9. The molecule has 8 rings (SSSR count). The van der Waals surface area contributed by atoms with Gasteiger partial charge in [-0.05, 0) is 42.3 Å². The number of quaternary nitrogens is 1. The zero-order chi connectivity index (χ0) is 37.1. The van der Waals surface area contributed by atoms with Crippen molar-refractivity contribution in [3.63, 3.8) is 0 Å². The van der Waals surface area contributed by atoms with Crippen molar-refractivity contribution in [2.45, 2.75) is 19.8 Å². The van der Waals surface area contributed by atoms with Crippen molar-refractivity contribution in [3.8, 4) is 22.9 Å². The molecule has 0 unspecified atom stereocenters. The third kappa shape index (κ3) is 8.30. The molecular weight excluding hydrogens is 758 g/mol. The number of anilines is 1. The summed E-state index contributed by atoms with van der Waals surface area (Å²) in [6.07, 6.45) is 3.23. The molecule has 0 spiro atoms. The molecule has 0 saturated carbocycles. The molecule has 3 fully saturated rings. The van der Waals surface area contributed by atoms with Gasteiger partial charge < -0.3 is 45.1 Å². The Morgan fingerprint density at radius 2 is 1.41 bits per heavy atom. The molecule has 1 aromatic heterocycles. The van der Waals surface area contributed by atoms with Crippen LogP contribution in [-0.4, -0.2) is 93.0 Å². The molecule has 0 radical (unpaired) electrons. The number of fused-ring (bicyclic) bond motifs is 4. The van der Waals surface area contributed by atoms with Crippen molar-refractivity contribution < 1.29 is 49.3 Å². The van der Waals surface area contributed by atoms with Gasteiger partial charge in [0.05, 0.1) is 58.2 Å². The van der Waals surface area contributed by atoms with Crippen LogP contribution < -0.4 is 41.5 Å². The fourth-order valence-corrected chi connectivity index (χ4v) is 7.57. The number of rotatable bonds is 13. The van der Waals surface area contributed by atoms with Crippen LogP contribution in [0.3, 0.4) is 0 Å². The van der Waals surface area contributed by atoms with E-state index in [9.17, 15) is 18.4 Å². The molecule has 4 heterocycles. The van der Waals surface area contributed by atoms with Crippen LogP contribution >= 0.6 is 0 Å². The molecule has 0 atom stereocenters. The highest BCUT2D eigenvalue weighted by atomic mass is 79.9. The molecule has 1 amide bonds. The van der Waals surface area contributed by atoms with E-state index in [1.165, 1.54) is 86.7 Å². The maximum absolute atomic E-state index is 14.2. The fourth-order valence-electron chi connectivity index (χ4n) is 7.57. The topological polar surface area (TPSA) is 73.2 Å². The lowest BCUT2D eigenvalue weighted by Gasteiger charge is -2.50. The van der Waals surface area contributed by atoms with Gasteiger partial charge in [0.15, 0.2) is 0 Å². The summed E-state index contributed by atoms with van der Waals surface area (Å²) in [7, 11) is 3.07. The number of hydrogen-bond donors (Lipinski definition) is 0. The van der Waals surface area contributed by atoms with E-state index in [-0.39, 0.29) is 40.2 Å². The van der Waals surface area contributed by atoms with Crippen LogP contribution in [0.25, 0.3) is 16.6 Å². The van der Waals surface area contributed by atoms with Gasteiger partial charge in [0.1, 0.15) is 34.4 Å². The minimum atomic E-state index is -0.829. The Labute approximate surface area is 324 Å². The van der Waals surface area contributed by atoms with E-state index >= 15 is 0 Å². The van der Waals surface area contributed by atoms with Crippen LogP contribution in [0.4, 0.5) is 14.5 Å². The average Bonchev–Trinajstić information content (AvgIpc) is 3.18. The molecule has 12 heteroatoms. The average molecular weight is 804 g/mol. The molecule has 284 valence electrons. The maximum atomic E-state index is 14.2. The van der Waals surface area contributed by atoms with Crippen LogP contribution in [-0.2, 0) is 12.8 Å². The normalized spacial score (nSPS) is 17.5. The highest BCUT2D eigenvalue weighted by Crippen LogP contribution is 2.30. The van der Waals surface area contributed by atoms with E-state index in [2.05, 4.69) is 29.2 Å². The molecule has 3 aliphatic heterocycles. The van der Waals surface area contributed by atoms with Gasteiger partial charge in [0, 0.05) is 86.6 Å². The molecular formula is C42H45BrF2N4O5. The minimum absolute atomic E-state index is 0. The number of amides is 1. The van der Waals surface area contributed by atoms with Crippen molar-refractivity contribution in [2.24, 2.45) is 0 Å². The predicted octanol–water partition coefficient (Wildman–Crippen LogP) is 3.27. The Bertz CT molecular complexity index is 2130. The quantitative estimate of drug-likeness (QED) is 0.171. The lowest BCUT2D eigenvalue weighted by molar-refractivity contribution is -0.940. The fraction of sp³-hybridized carbons (Fsp3) is 0.333. The Hall–Kier alpha value is -4.78. The van der Waals surface area contributed by atoms with E-state index in [0.717, 1.165) is 24.6 Å². The number of methoxy groups -OCH3 is 2. The van der Waals surface area contributed by atoms with Crippen LogP contribution in [0.2, 0.25) is 0 Å². The second-order valence-electron chi connectivity index (χ2n) is 13.9. The Morgan fingerprint density at radius 3 is 2.00 bits per heavy atom. The van der Waals surface area contributed by atoms with Crippen molar-refractivity contribution >= 4 is 22.5 Å². The van der Waals surface area contributed by atoms with Gasteiger partial charge >= 0.3 is 0 Å². The third-order valence-electron chi connectivity index (χ3n) is 10.8. The minimum Gasteiger partial charge on any atom is -1.00 e. The third-order valence-corrected chi connectivity index (χ3v) is 10.8. The van der Waals surface area contributed by atoms with Crippen LogP contribution in [0.5, 0.6) is 17.2 Å². The van der Waals surface area contributed by atoms with E-state index < -0.39 is 23.0 Å². The summed E-state index contributed by atoms with van der Waals surface area (Å²) in [5.74, 6) is -0.801. The zero-order valence-corrected chi connectivity index (χ0v) is 32.4. The SMILES string of the molecule is CCN(C(=O)c1cn(-c2cc(OC)cc(OC)c2)c2cc(OCCc3ccc(CC[N+]45CCN(CC4)CC5)cc3)ccc2c1=O)c1cc(F)cc(F)c1.[Br-]. The van der Waals surface area contributed by atoms with Gasteiger partial charge in [-0.1, -0.05) is 24.3 Å². The first-order valence-electron chi connectivity index (χ1n) is 18.2. The second kappa shape index (κ2) is 16.7. The summed E-state index contributed by atoms with van der Waals surface area (Å²) in [5.41, 5.74) is 2.90. The van der Waals surface area contributed by atoms with Gasteiger partial charge in [0.25, 0.3) is 5.91 Å². The summed E-state index contributed by atoms with van der Waals surface area (Å²) < 4.78 is 48.6. The molecule has 3 aliphatic rings. The Kier molecular flexibility index (Phi) is 12.0. The monoisotopic (exact) mass is 802 g/mol. The number of carbonyl (C=O) groups is 1. The highest BCUT2D eigenvalue weighted by molar-refractivity contribution is 6.07. The van der Waals surface area contributed by atoms with Crippen molar-refractivity contribution in [1.29, 1.82) is 0 Å².